The summed E-state index contributed by atoms with van der Waals surface area (Å²) in [4.78, 5) is 2.51. The third kappa shape index (κ3) is 3.58. The predicted molar refractivity (Wildman–Crippen MR) is 62.3 cm³/mol. The van der Waals surface area contributed by atoms with Gasteiger partial charge in [-0.25, -0.2) is 0 Å². The fourth-order valence-electron chi connectivity index (χ4n) is 2.52. The Labute approximate surface area is 88.8 Å². The van der Waals surface area contributed by atoms with Gasteiger partial charge in [0, 0.05) is 6.04 Å². The molecule has 0 aromatic heterocycles. The molecule has 0 amide bonds. The maximum Gasteiger partial charge on any atom is 0.00924 e. The molecule has 0 radical (unpaired) electrons. The fraction of sp³-hybridized carbons (Fsp3) is 1.00. The third-order valence-corrected chi connectivity index (χ3v) is 3.73. The zero-order valence-electron chi connectivity index (χ0n) is 9.84. The Kier molecular flexibility index (Phi) is 5.49. The lowest BCUT2D eigenvalue weighted by Crippen LogP contribution is -2.36. The molecular formula is C12H26N2. The summed E-state index contributed by atoms with van der Waals surface area (Å²) in [6, 6.07) is 0.837. The van der Waals surface area contributed by atoms with E-state index < -0.39 is 0 Å². The number of hydrogen-bond donors (Lipinski definition) is 1. The minimum absolute atomic E-state index is 0.828. The molecule has 0 heterocycles. The smallest absolute Gasteiger partial charge is 0.00924 e. The van der Waals surface area contributed by atoms with E-state index in [0.717, 1.165) is 24.9 Å². The molecule has 14 heavy (non-hydrogen) atoms. The van der Waals surface area contributed by atoms with Gasteiger partial charge < -0.3 is 10.6 Å². The molecule has 0 spiro atoms. The van der Waals surface area contributed by atoms with E-state index in [1.165, 1.54) is 38.6 Å². The largest absolute Gasteiger partial charge is 0.330 e. The van der Waals surface area contributed by atoms with E-state index in [1.807, 2.05) is 0 Å². The topological polar surface area (TPSA) is 29.3 Å². The third-order valence-electron chi connectivity index (χ3n) is 3.73. The number of rotatable bonds is 5. The Balaban J connectivity index is 2.19. The van der Waals surface area contributed by atoms with Crippen molar-refractivity contribution in [3.05, 3.63) is 0 Å². The maximum atomic E-state index is 5.52. The predicted octanol–water partition coefficient (Wildman–Crippen LogP) is 2.24. The second-order valence-electron chi connectivity index (χ2n) is 4.71. The van der Waals surface area contributed by atoms with E-state index in [1.54, 1.807) is 0 Å². The fourth-order valence-corrected chi connectivity index (χ4v) is 2.52. The highest BCUT2D eigenvalue weighted by atomic mass is 15.1. The maximum absolute atomic E-state index is 5.52. The summed E-state index contributed by atoms with van der Waals surface area (Å²) in [6.07, 6.45) is 8.20. The van der Waals surface area contributed by atoms with Gasteiger partial charge in [0.25, 0.3) is 0 Å². The molecule has 84 valence electrons. The van der Waals surface area contributed by atoms with Crippen LogP contribution in [0.15, 0.2) is 0 Å². The van der Waals surface area contributed by atoms with Gasteiger partial charge in [0.05, 0.1) is 0 Å². The van der Waals surface area contributed by atoms with Crippen molar-refractivity contribution in [1.82, 2.24) is 4.90 Å². The Morgan fingerprint density at radius 2 is 1.86 bits per heavy atom. The molecule has 0 bridgehead atoms. The van der Waals surface area contributed by atoms with Crippen LogP contribution in [0, 0.1) is 5.92 Å². The Bertz CT molecular complexity index is 139. The highest BCUT2D eigenvalue weighted by Crippen LogP contribution is 2.28. The van der Waals surface area contributed by atoms with Crippen LogP contribution in [0.2, 0.25) is 0 Å². The van der Waals surface area contributed by atoms with E-state index in [9.17, 15) is 0 Å². The number of nitrogens with zero attached hydrogens (tertiary/aromatic N) is 1. The Morgan fingerprint density at radius 1 is 1.21 bits per heavy atom. The van der Waals surface area contributed by atoms with E-state index in [2.05, 4.69) is 18.9 Å². The lowest BCUT2D eigenvalue weighted by atomic mass is 9.84. The first-order valence-electron chi connectivity index (χ1n) is 6.18. The SMILES string of the molecule is CCC1CCC(N(C)CCCN)CC1. The van der Waals surface area contributed by atoms with E-state index in [0.29, 0.717) is 0 Å². The first-order valence-corrected chi connectivity index (χ1v) is 6.18. The molecule has 2 N–H and O–H groups in total. The standard InChI is InChI=1S/C12H26N2/c1-3-11-5-7-12(8-6-11)14(2)10-4-9-13/h11-12H,3-10,13H2,1-2H3. The molecule has 1 fully saturated rings. The zero-order chi connectivity index (χ0) is 10.4. The van der Waals surface area contributed by atoms with Crippen molar-refractivity contribution < 1.29 is 0 Å². The summed E-state index contributed by atoms with van der Waals surface area (Å²) >= 11 is 0. The molecule has 1 aliphatic carbocycles. The first-order chi connectivity index (χ1) is 6.77. The molecule has 1 saturated carbocycles. The molecule has 0 aromatic rings. The summed E-state index contributed by atoms with van der Waals surface area (Å²) in [7, 11) is 2.26. The van der Waals surface area contributed by atoms with Crippen LogP contribution in [0.25, 0.3) is 0 Å². The first kappa shape index (κ1) is 12.0. The molecule has 0 aromatic carbocycles. The second kappa shape index (κ2) is 6.41. The van der Waals surface area contributed by atoms with Crippen molar-refractivity contribution in [3.63, 3.8) is 0 Å². The molecule has 1 aliphatic rings. The Hall–Kier alpha value is -0.0800. The second-order valence-corrected chi connectivity index (χ2v) is 4.71. The number of hydrogen-bond acceptors (Lipinski definition) is 2. The quantitative estimate of drug-likeness (QED) is 0.734. The van der Waals surface area contributed by atoms with E-state index in [-0.39, 0.29) is 0 Å². The van der Waals surface area contributed by atoms with Gasteiger partial charge in [-0.15, -0.1) is 0 Å². The van der Waals surface area contributed by atoms with Crippen LogP contribution in [0.4, 0.5) is 0 Å². The molecule has 0 atom stereocenters. The Morgan fingerprint density at radius 3 is 2.36 bits per heavy atom. The highest BCUT2D eigenvalue weighted by Gasteiger charge is 2.22. The van der Waals surface area contributed by atoms with Gasteiger partial charge in [-0.1, -0.05) is 13.3 Å². The lowest BCUT2D eigenvalue weighted by Gasteiger charge is -2.34. The van der Waals surface area contributed by atoms with Crippen LogP contribution < -0.4 is 5.73 Å². The zero-order valence-corrected chi connectivity index (χ0v) is 9.84. The van der Waals surface area contributed by atoms with Gasteiger partial charge in [0.2, 0.25) is 0 Å². The van der Waals surface area contributed by atoms with Gasteiger partial charge in [-0.2, -0.15) is 0 Å². The average molecular weight is 198 g/mol. The van der Waals surface area contributed by atoms with E-state index >= 15 is 0 Å². The van der Waals surface area contributed by atoms with Gasteiger partial charge in [-0.3, -0.25) is 0 Å². The van der Waals surface area contributed by atoms with Gasteiger partial charge in [-0.05, 0) is 58.2 Å². The minimum Gasteiger partial charge on any atom is -0.330 e. The molecule has 0 unspecified atom stereocenters. The van der Waals surface area contributed by atoms with Crippen LogP contribution >= 0.6 is 0 Å². The van der Waals surface area contributed by atoms with Crippen molar-refractivity contribution in [2.24, 2.45) is 11.7 Å². The summed E-state index contributed by atoms with van der Waals surface area (Å²) in [6.45, 7) is 4.33. The van der Waals surface area contributed by atoms with Gasteiger partial charge in [0.1, 0.15) is 0 Å². The van der Waals surface area contributed by atoms with Crippen molar-refractivity contribution in [2.75, 3.05) is 20.1 Å². The van der Waals surface area contributed by atoms with Gasteiger partial charge >= 0.3 is 0 Å². The van der Waals surface area contributed by atoms with Crippen LogP contribution in [0.3, 0.4) is 0 Å². The summed E-state index contributed by atoms with van der Waals surface area (Å²) < 4.78 is 0. The molecule has 2 heteroatoms. The molecule has 1 rings (SSSR count). The van der Waals surface area contributed by atoms with Gasteiger partial charge in [0.15, 0.2) is 0 Å². The van der Waals surface area contributed by atoms with Crippen molar-refractivity contribution >= 4 is 0 Å². The summed E-state index contributed by atoms with van der Waals surface area (Å²) in [5, 5.41) is 0. The van der Waals surface area contributed by atoms with E-state index in [4.69, 9.17) is 5.73 Å². The summed E-state index contributed by atoms with van der Waals surface area (Å²) in [5.41, 5.74) is 5.52. The molecular weight excluding hydrogens is 172 g/mol. The monoisotopic (exact) mass is 198 g/mol. The van der Waals surface area contributed by atoms with Crippen LogP contribution in [-0.2, 0) is 0 Å². The lowest BCUT2D eigenvalue weighted by molar-refractivity contribution is 0.163. The average Bonchev–Trinajstić information content (AvgIpc) is 2.26. The van der Waals surface area contributed by atoms with Crippen molar-refractivity contribution in [1.29, 1.82) is 0 Å². The normalized spacial score (nSPS) is 28.3. The molecule has 0 aliphatic heterocycles. The molecule has 0 saturated heterocycles. The van der Waals surface area contributed by atoms with Crippen molar-refractivity contribution in [2.45, 2.75) is 51.5 Å². The van der Waals surface area contributed by atoms with Crippen LogP contribution in [0.5, 0.6) is 0 Å². The van der Waals surface area contributed by atoms with Crippen LogP contribution in [0.1, 0.15) is 45.4 Å². The minimum atomic E-state index is 0.828. The van der Waals surface area contributed by atoms with Crippen LogP contribution in [-0.4, -0.2) is 31.1 Å². The number of nitrogens with two attached hydrogens (primary N) is 1. The highest BCUT2D eigenvalue weighted by molar-refractivity contribution is 4.77. The molecule has 2 nitrogen and oxygen atoms in total. The summed E-state index contributed by atoms with van der Waals surface area (Å²) in [5.74, 6) is 1.01. The van der Waals surface area contributed by atoms with Crippen molar-refractivity contribution in [3.8, 4) is 0 Å².